The molecule has 0 fully saturated rings. The summed E-state index contributed by atoms with van der Waals surface area (Å²) in [5, 5.41) is 18.3. The second kappa shape index (κ2) is 7.48. The van der Waals surface area contributed by atoms with E-state index in [4.69, 9.17) is 9.84 Å². The summed E-state index contributed by atoms with van der Waals surface area (Å²) in [5.41, 5.74) is 3.43. The van der Waals surface area contributed by atoms with Crippen LogP contribution in [-0.4, -0.2) is 48.5 Å². The number of benzene rings is 1. The Balaban J connectivity index is 2.82. The third-order valence-electron chi connectivity index (χ3n) is 3.45. The van der Waals surface area contributed by atoms with E-state index >= 15 is 0 Å². The molecule has 0 aliphatic heterocycles. The van der Waals surface area contributed by atoms with Gasteiger partial charge in [0.2, 0.25) is 0 Å². The Morgan fingerprint density at radius 2 is 1.79 bits per heavy atom. The standard InChI is InChI=1S/C15H25NO3/c1-11-7-13(8-12(2)15(11)19-4)9-16(3)14(10-18)5-6-17/h7-8,14,17-18H,5-6,9-10H2,1-4H3. The third-order valence-corrected chi connectivity index (χ3v) is 3.45. The molecular weight excluding hydrogens is 242 g/mol. The van der Waals surface area contributed by atoms with Crippen LogP contribution in [0.2, 0.25) is 0 Å². The Morgan fingerprint density at radius 3 is 2.21 bits per heavy atom. The van der Waals surface area contributed by atoms with Crippen LogP contribution in [-0.2, 0) is 6.54 Å². The maximum atomic E-state index is 9.32. The van der Waals surface area contributed by atoms with Gasteiger partial charge in [0.15, 0.2) is 0 Å². The molecule has 4 heteroatoms. The van der Waals surface area contributed by atoms with Crippen LogP contribution < -0.4 is 4.74 Å². The van der Waals surface area contributed by atoms with Gasteiger partial charge in [-0.15, -0.1) is 0 Å². The van der Waals surface area contributed by atoms with Gasteiger partial charge in [0.1, 0.15) is 5.75 Å². The zero-order valence-electron chi connectivity index (χ0n) is 12.3. The fraction of sp³-hybridized carbons (Fsp3) is 0.600. The largest absolute Gasteiger partial charge is 0.496 e. The molecule has 0 aliphatic rings. The lowest BCUT2D eigenvalue weighted by Crippen LogP contribution is -2.35. The molecule has 108 valence electrons. The second-order valence-electron chi connectivity index (χ2n) is 5.03. The Kier molecular flexibility index (Phi) is 6.28. The highest BCUT2D eigenvalue weighted by molar-refractivity contribution is 5.43. The van der Waals surface area contributed by atoms with Crippen LogP contribution in [0.3, 0.4) is 0 Å². The molecule has 4 nitrogen and oxygen atoms in total. The van der Waals surface area contributed by atoms with Crippen LogP contribution in [0.1, 0.15) is 23.1 Å². The van der Waals surface area contributed by atoms with Crippen molar-refractivity contribution >= 4 is 0 Å². The number of aliphatic hydroxyl groups excluding tert-OH is 2. The predicted molar refractivity (Wildman–Crippen MR) is 76.5 cm³/mol. The Hall–Kier alpha value is -1.10. The fourth-order valence-electron chi connectivity index (χ4n) is 2.47. The molecule has 0 radical (unpaired) electrons. The van der Waals surface area contributed by atoms with E-state index in [-0.39, 0.29) is 19.3 Å². The highest BCUT2D eigenvalue weighted by Gasteiger charge is 2.14. The van der Waals surface area contributed by atoms with Crippen molar-refractivity contribution in [1.29, 1.82) is 0 Å². The van der Waals surface area contributed by atoms with Crippen LogP contribution in [0.15, 0.2) is 12.1 Å². The van der Waals surface area contributed by atoms with Gasteiger partial charge in [0, 0.05) is 19.2 Å². The summed E-state index contributed by atoms with van der Waals surface area (Å²) in [4.78, 5) is 2.07. The first kappa shape index (κ1) is 16.0. The van der Waals surface area contributed by atoms with Gasteiger partial charge in [-0.25, -0.2) is 0 Å². The summed E-state index contributed by atoms with van der Waals surface area (Å²) in [7, 11) is 3.65. The van der Waals surface area contributed by atoms with E-state index in [1.807, 2.05) is 20.9 Å². The number of aliphatic hydroxyl groups is 2. The van der Waals surface area contributed by atoms with Gasteiger partial charge in [0.05, 0.1) is 13.7 Å². The molecule has 1 rings (SSSR count). The lowest BCUT2D eigenvalue weighted by molar-refractivity contribution is 0.115. The van der Waals surface area contributed by atoms with Crippen molar-refractivity contribution in [1.82, 2.24) is 4.90 Å². The SMILES string of the molecule is COc1c(C)cc(CN(C)C(CO)CCO)cc1C. The number of likely N-dealkylation sites (N-methyl/N-ethyl adjacent to an activating group) is 1. The van der Waals surface area contributed by atoms with Crippen molar-refractivity contribution in [3.05, 3.63) is 28.8 Å². The minimum atomic E-state index is -0.00675. The van der Waals surface area contributed by atoms with E-state index in [0.717, 1.165) is 23.4 Å². The van der Waals surface area contributed by atoms with Crippen molar-refractivity contribution in [3.8, 4) is 5.75 Å². The Bertz CT molecular complexity index is 383. The number of ether oxygens (including phenoxy) is 1. The molecule has 0 heterocycles. The minimum absolute atomic E-state index is 0.00675. The summed E-state index contributed by atoms with van der Waals surface area (Å²) >= 11 is 0. The first-order valence-corrected chi connectivity index (χ1v) is 6.59. The van der Waals surface area contributed by atoms with Crippen molar-refractivity contribution < 1.29 is 14.9 Å². The number of hydrogen-bond acceptors (Lipinski definition) is 4. The second-order valence-corrected chi connectivity index (χ2v) is 5.03. The third kappa shape index (κ3) is 4.20. The lowest BCUT2D eigenvalue weighted by atomic mass is 10.0. The summed E-state index contributed by atoms with van der Waals surface area (Å²) in [6, 6.07) is 4.21. The zero-order chi connectivity index (χ0) is 14.4. The normalized spacial score (nSPS) is 12.8. The molecule has 1 aromatic rings. The average Bonchev–Trinajstić information content (AvgIpc) is 2.35. The monoisotopic (exact) mass is 267 g/mol. The van der Waals surface area contributed by atoms with Gasteiger partial charge in [-0.05, 0) is 44.0 Å². The highest BCUT2D eigenvalue weighted by atomic mass is 16.5. The Labute approximate surface area is 115 Å². The zero-order valence-corrected chi connectivity index (χ0v) is 12.3. The molecule has 19 heavy (non-hydrogen) atoms. The predicted octanol–water partition coefficient (Wildman–Crippen LogP) is 1.49. The first-order chi connectivity index (χ1) is 9.03. The molecular formula is C15H25NO3. The molecule has 0 bridgehead atoms. The smallest absolute Gasteiger partial charge is 0.124 e. The van der Waals surface area contributed by atoms with Crippen LogP contribution >= 0.6 is 0 Å². The number of hydrogen-bond donors (Lipinski definition) is 2. The molecule has 0 amide bonds. The quantitative estimate of drug-likeness (QED) is 0.786. The van der Waals surface area contributed by atoms with Crippen molar-refractivity contribution in [2.75, 3.05) is 27.4 Å². The van der Waals surface area contributed by atoms with E-state index in [9.17, 15) is 5.11 Å². The molecule has 1 aromatic carbocycles. The average molecular weight is 267 g/mol. The van der Waals surface area contributed by atoms with E-state index in [0.29, 0.717) is 6.42 Å². The summed E-state index contributed by atoms with van der Waals surface area (Å²) in [5.74, 6) is 0.931. The molecule has 0 saturated carbocycles. The first-order valence-electron chi connectivity index (χ1n) is 6.59. The maximum Gasteiger partial charge on any atom is 0.124 e. The Morgan fingerprint density at radius 1 is 1.21 bits per heavy atom. The van der Waals surface area contributed by atoms with Gasteiger partial charge in [0.25, 0.3) is 0 Å². The van der Waals surface area contributed by atoms with Crippen molar-refractivity contribution in [2.45, 2.75) is 32.9 Å². The maximum absolute atomic E-state index is 9.32. The van der Waals surface area contributed by atoms with E-state index < -0.39 is 0 Å². The number of rotatable bonds is 7. The topological polar surface area (TPSA) is 52.9 Å². The summed E-state index contributed by atoms with van der Waals surface area (Å²) < 4.78 is 5.36. The molecule has 0 saturated heterocycles. The van der Waals surface area contributed by atoms with Crippen molar-refractivity contribution in [2.24, 2.45) is 0 Å². The molecule has 0 aliphatic carbocycles. The molecule has 1 atom stereocenters. The van der Waals surface area contributed by atoms with E-state index in [1.54, 1.807) is 7.11 Å². The summed E-state index contributed by atoms with van der Waals surface area (Å²) in [6.07, 6.45) is 0.584. The fourth-order valence-corrected chi connectivity index (χ4v) is 2.47. The molecule has 0 spiro atoms. The van der Waals surface area contributed by atoms with Gasteiger partial charge >= 0.3 is 0 Å². The lowest BCUT2D eigenvalue weighted by Gasteiger charge is -2.26. The van der Waals surface area contributed by atoms with E-state index in [1.165, 1.54) is 5.56 Å². The van der Waals surface area contributed by atoms with Crippen LogP contribution in [0, 0.1) is 13.8 Å². The van der Waals surface area contributed by atoms with Crippen LogP contribution in [0.5, 0.6) is 5.75 Å². The van der Waals surface area contributed by atoms with E-state index in [2.05, 4.69) is 17.0 Å². The highest BCUT2D eigenvalue weighted by Crippen LogP contribution is 2.25. The van der Waals surface area contributed by atoms with Gasteiger partial charge < -0.3 is 14.9 Å². The van der Waals surface area contributed by atoms with Crippen LogP contribution in [0.4, 0.5) is 0 Å². The number of methoxy groups -OCH3 is 1. The summed E-state index contributed by atoms with van der Waals surface area (Å²) in [6.45, 7) is 4.97. The number of nitrogens with zero attached hydrogens (tertiary/aromatic N) is 1. The van der Waals surface area contributed by atoms with Gasteiger partial charge in [-0.1, -0.05) is 12.1 Å². The van der Waals surface area contributed by atoms with Gasteiger partial charge in [-0.3, -0.25) is 4.90 Å². The number of aryl methyl sites for hydroxylation is 2. The van der Waals surface area contributed by atoms with Crippen molar-refractivity contribution in [3.63, 3.8) is 0 Å². The molecule has 1 unspecified atom stereocenters. The molecule has 0 aromatic heterocycles. The molecule has 2 N–H and O–H groups in total. The van der Waals surface area contributed by atoms with Gasteiger partial charge in [-0.2, -0.15) is 0 Å². The minimum Gasteiger partial charge on any atom is -0.496 e. The van der Waals surface area contributed by atoms with Crippen LogP contribution in [0.25, 0.3) is 0 Å².